The average molecular weight is 338 g/mol. The van der Waals surface area contributed by atoms with Crippen molar-refractivity contribution in [3.8, 4) is 5.75 Å². The lowest BCUT2D eigenvalue weighted by atomic mass is 10.1. The van der Waals surface area contributed by atoms with Gasteiger partial charge in [0.05, 0.1) is 13.2 Å². The number of benzene rings is 1. The number of amides is 1. The number of nitrogens with zero attached hydrogens (tertiary/aromatic N) is 1. The van der Waals surface area contributed by atoms with E-state index in [1.807, 2.05) is 31.2 Å². The van der Waals surface area contributed by atoms with Gasteiger partial charge in [0, 0.05) is 12.6 Å². The zero-order chi connectivity index (χ0) is 14.7. The first-order valence-corrected chi connectivity index (χ1v) is 6.99. The number of hydrogen-bond acceptors (Lipinski definition) is 3. The molecule has 1 aromatic carbocycles. The molecule has 0 bridgehead atoms. The summed E-state index contributed by atoms with van der Waals surface area (Å²) in [6, 6.07) is 10.9. The minimum absolute atomic E-state index is 0.123. The maximum Gasteiger partial charge on any atom is 0.289 e. The van der Waals surface area contributed by atoms with Crippen LogP contribution in [-0.2, 0) is 0 Å². The van der Waals surface area contributed by atoms with Crippen molar-refractivity contribution in [2.45, 2.75) is 13.0 Å². The Morgan fingerprint density at radius 2 is 2.00 bits per heavy atom. The molecule has 1 heterocycles. The summed E-state index contributed by atoms with van der Waals surface area (Å²) in [4.78, 5) is 14.0. The lowest BCUT2D eigenvalue weighted by Gasteiger charge is -2.25. The Morgan fingerprint density at radius 1 is 1.30 bits per heavy atom. The summed E-state index contributed by atoms with van der Waals surface area (Å²) in [5.74, 6) is 0.899. The van der Waals surface area contributed by atoms with Crippen LogP contribution in [0.5, 0.6) is 5.75 Å². The van der Waals surface area contributed by atoms with E-state index in [-0.39, 0.29) is 11.9 Å². The number of ether oxygens (including phenoxy) is 1. The molecule has 2 aromatic rings. The molecule has 0 saturated carbocycles. The first kappa shape index (κ1) is 14.7. The highest BCUT2D eigenvalue weighted by atomic mass is 79.9. The highest BCUT2D eigenvalue weighted by molar-refractivity contribution is 9.10. The Labute approximate surface area is 126 Å². The van der Waals surface area contributed by atoms with E-state index in [1.165, 1.54) is 0 Å². The molecule has 4 nitrogen and oxygen atoms in total. The topological polar surface area (TPSA) is 42.7 Å². The molecule has 0 N–H and O–H groups in total. The normalized spacial score (nSPS) is 12.0. The van der Waals surface area contributed by atoms with Crippen LogP contribution in [-0.4, -0.2) is 25.0 Å². The monoisotopic (exact) mass is 337 g/mol. The Kier molecular flexibility index (Phi) is 4.49. The summed E-state index contributed by atoms with van der Waals surface area (Å²) in [5, 5.41) is 0. The maximum absolute atomic E-state index is 12.3. The highest BCUT2D eigenvalue weighted by Gasteiger charge is 2.23. The molecule has 0 aliphatic heterocycles. The van der Waals surface area contributed by atoms with Crippen molar-refractivity contribution >= 4 is 21.8 Å². The number of carbonyl (C=O) groups is 1. The van der Waals surface area contributed by atoms with Crippen molar-refractivity contribution in [1.82, 2.24) is 4.90 Å². The van der Waals surface area contributed by atoms with Gasteiger partial charge in [-0.15, -0.1) is 0 Å². The van der Waals surface area contributed by atoms with Gasteiger partial charge in [-0.3, -0.25) is 4.79 Å². The van der Waals surface area contributed by atoms with Crippen LogP contribution in [0.15, 0.2) is 45.5 Å². The fourth-order valence-corrected chi connectivity index (χ4v) is 2.31. The van der Waals surface area contributed by atoms with Gasteiger partial charge in [0.2, 0.25) is 0 Å². The third kappa shape index (κ3) is 2.88. The summed E-state index contributed by atoms with van der Waals surface area (Å²) in [5.41, 5.74) is 0.955. The van der Waals surface area contributed by atoms with Crippen molar-refractivity contribution < 1.29 is 13.9 Å². The van der Waals surface area contributed by atoms with E-state index in [0.29, 0.717) is 10.4 Å². The first-order chi connectivity index (χ1) is 9.54. The molecule has 0 aliphatic rings. The average Bonchev–Trinajstić information content (AvgIpc) is 2.91. The molecule has 1 aromatic heterocycles. The fourth-order valence-electron chi connectivity index (χ4n) is 2.00. The molecule has 0 spiro atoms. The van der Waals surface area contributed by atoms with Crippen LogP contribution in [0.1, 0.15) is 29.1 Å². The van der Waals surface area contributed by atoms with Gasteiger partial charge in [-0.05, 0) is 41.1 Å². The van der Waals surface area contributed by atoms with Gasteiger partial charge in [0.15, 0.2) is 10.4 Å². The van der Waals surface area contributed by atoms with Crippen LogP contribution in [0.25, 0.3) is 0 Å². The third-order valence-corrected chi connectivity index (χ3v) is 3.70. The highest BCUT2D eigenvalue weighted by Crippen LogP contribution is 2.29. The van der Waals surface area contributed by atoms with Crippen LogP contribution < -0.4 is 4.74 Å². The molecule has 106 valence electrons. The van der Waals surface area contributed by atoms with Crippen molar-refractivity contribution in [2.75, 3.05) is 14.2 Å². The molecule has 0 radical (unpaired) electrons. The summed E-state index contributed by atoms with van der Waals surface area (Å²) >= 11 is 3.20. The Bertz CT molecular complexity index is 609. The van der Waals surface area contributed by atoms with Crippen LogP contribution in [0.3, 0.4) is 0 Å². The summed E-state index contributed by atoms with van der Waals surface area (Å²) in [7, 11) is 3.37. The van der Waals surface area contributed by atoms with Crippen molar-refractivity contribution in [3.63, 3.8) is 0 Å². The van der Waals surface area contributed by atoms with Crippen LogP contribution in [0, 0.1) is 0 Å². The smallest absolute Gasteiger partial charge is 0.289 e. The Hall–Kier alpha value is -1.75. The van der Waals surface area contributed by atoms with Gasteiger partial charge in [-0.2, -0.15) is 0 Å². The van der Waals surface area contributed by atoms with Crippen LogP contribution in [0.4, 0.5) is 0 Å². The van der Waals surface area contributed by atoms with Crippen molar-refractivity contribution in [3.05, 3.63) is 52.4 Å². The van der Waals surface area contributed by atoms with Gasteiger partial charge in [-0.25, -0.2) is 0 Å². The molecular weight excluding hydrogens is 322 g/mol. The number of para-hydroxylation sites is 1. The summed E-state index contributed by atoms with van der Waals surface area (Å²) < 4.78 is 11.2. The second-order valence-electron chi connectivity index (χ2n) is 4.44. The largest absolute Gasteiger partial charge is 0.496 e. The van der Waals surface area contributed by atoms with E-state index in [9.17, 15) is 4.79 Å². The zero-order valence-electron chi connectivity index (χ0n) is 11.6. The molecule has 2 rings (SSSR count). The Balaban J connectivity index is 2.24. The van der Waals surface area contributed by atoms with E-state index >= 15 is 0 Å². The molecule has 1 unspecified atom stereocenters. The molecule has 5 heteroatoms. The zero-order valence-corrected chi connectivity index (χ0v) is 13.2. The van der Waals surface area contributed by atoms with Gasteiger partial charge in [-0.1, -0.05) is 18.2 Å². The van der Waals surface area contributed by atoms with E-state index in [0.717, 1.165) is 11.3 Å². The van der Waals surface area contributed by atoms with E-state index in [2.05, 4.69) is 15.9 Å². The van der Waals surface area contributed by atoms with Crippen molar-refractivity contribution in [2.24, 2.45) is 0 Å². The molecule has 1 amide bonds. The molecule has 0 saturated heterocycles. The van der Waals surface area contributed by atoms with Gasteiger partial charge in [0.25, 0.3) is 5.91 Å². The number of hydrogen-bond donors (Lipinski definition) is 0. The molecule has 20 heavy (non-hydrogen) atoms. The summed E-state index contributed by atoms with van der Waals surface area (Å²) in [6.45, 7) is 1.95. The number of carbonyl (C=O) groups excluding carboxylic acids is 1. The summed E-state index contributed by atoms with van der Waals surface area (Å²) in [6.07, 6.45) is 0. The minimum atomic E-state index is -0.172. The van der Waals surface area contributed by atoms with E-state index < -0.39 is 0 Å². The maximum atomic E-state index is 12.3. The molecule has 0 fully saturated rings. The van der Waals surface area contributed by atoms with Crippen LogP contribution >= 0.6 is 15.9 Å². The number of halogens is 1. The van der Waals surface area contributed by atoms with Gasteiger partial charge in [0.1, 0.15) is 5.75 Å². The predicted molar refractivity (Wildman–Crippen MR) is 79.9 cm³/mol. The van der Waals surface area contributed by atoms with Gasteiger partial charge < -0.3 is 14.1 Å². The van der Waals surface area contributed by atoms with E-state index in [1.54, 1.807) is 31.2 Å². The minimum Gasteiger partial charge on any atom is -0.496 e. The second-order valence-corrected chi connectivity index (χ2v) is 5.22. The lowest BCUT2D eigenvalue weighted by Crippen LogP contribution is -2.29. The number of furan rings is 1. The fraction of sp³-hybridized carbons (Fsp3) is 0.267. The predicted octanol–water partition coefficient (Wildman–Crippen LogP) is 3.88. The SMILES string of the molecule is COc1ccccc1C(C)N(C)C(=O)c1ccc(Br)o1. The second kappa shape index (κ2) is 6.13. The van der Waals surface area contributed by atoms with Crippen LogP contribution in [0.2, 0.25) is 0 Å². The molecule has 0 aliphatic carbocycles. The van der Waals surface area contributed by atoms with Gasteiger partial charge >= 0.3 is 0 Å². The number of methoxy groups -OCH3 is 1. The lowest BCUT2D eigenvalue weighted by molar-refractivity contribution is 0.0707. The van der Waals surface area contributed by atoms with E-state index in [4.69, 9.17) is 9.15 Å². The quantitative estimate of drug-likeness (QED) is 0.850. The first-order valence-electron chi connectivity index (χ1n) is 6.20. The molecule has 1 atom stereocenters. The Morgan fingerprint density at radius 3 is 2.60 bits per heavy atom. The number of rotatable bonds is 4. The standard InChI is InChI=1S/C15H16BrNO3/c1-10(11-6-4-5-7-12(11)19-3)17(2)15(18)13-8-9-14(16)20-13/h4-10H,1-3H3. The third-order valence-electron chi connectivity index (χ3n) is 3.27. The van der Waals surface area contributed by atoms with Crippen molar-refractivity contribution in [1.29, 1.82) is 0 Å². The molecular formula is C15H16BrNO3.